The number of H-pyrrole nitrogens is 1. The van der Waals surface area contributed by atoms with E-state index in [1.54, 1.807) is 7.11 Å². The zero-order valence-corrected chi connectivity index (χ0v) is 38.8. The Labute approximate surface area is 387 Å². The Kier molecular flexibility index (Phi) is 12.4. The smallest absolute Gasteiger partial charge is 0.344 e. The van der Waals surface area contributed by atoms with Gasteiger partial charge in [0.25, 0.3) is 0 Å². The van der Waals surface area contributed by atoms with Gasteiger partial charge in [0.2, 0.25) is 5.60 Å². The van der Waals surface area contributed by atoms with Crippen LogP contribution in [-0.2, 0) is 55.6 Å². The molecule has 2 aromatic carbocycles. The summed E-state index contributed by atoms with van der Waals surface area (Å²) in [6, 6.07) is 11.2. The van der Waals surface area contributed by atoms with E-state index >= 15 is 4.79 Å². The van der Waals surface area contributed by atoms with Crippen LogP contribution in [0.5, 0.6) is 5.75 Å². The van der Waals surface area contributed by atoms with E-state index in [9.17, 15) is 24.3 Å². The molecule has 1 aliphatic carbocycles. The predicted octanol–water partition coefficient (Wildman–Crippen LogP) is 2.63. The largest absolute Gasteiger partial charge is 0.496 e. The van der Waals surface area contributed by atoms with Crippen molar-refractivity contribution in [1.82, 2.24) is 14.8 Å². The van der Waals surface area contributed by atoms with E-state index in [0.717, 1.165) is 52.9 Å². The maximum atomic E-state index is 15.2. The zero-order valence-electron chi connectivity index (χ0n) is 38.8. The Morgan fingerprint density at radius 3 is 2.22 bits per heavy atom. The van der Waals surface area contributed by atoms with Crippen molar-refractivity contribution in [3.8, 4) is 5.75 Å². The lowest BCUT2D eigenvalue weighted by Crippen LogP contribution is -2.81. The normalized spacial score (nSPS) is 32.1. The quantitative estimate of drug-likeness (QED) is 0.0972. The Hall–Kier alpha value is -5.79. The molecule has 2 fully saturated rings. The van der Waals surface area contributed by atoms with Crippen LogP contribution in [0.15, 0.2) is 60.2 Å². The minimum Gasteiger partial charge on any atom is -0.496 e. The molecule has 6 heterocycles. The summed E-state index contributed by atoms with van der Waals surface area (Å²) in [4.78, 5) is 72.7. The molecule has 1 spiro atoms. The first-order valence-electron chi connectivity index (χ1n) is 22.6. The molecule has 5 aliphatic heterocycles. The lowest BCUT2D eigenvalue weighted by molar-refractivity contribution is -0.228. The van der Waals surface area contributed by atoms with Gasteiger partial charge >= 0.3 is 29.8 Å². The molecule has 9 rings (SSSR count). The highest BCUT2D eigenvalue weighted by Gasteiger charge is 2.80. The third-order valence-corrected chi connectivity index (χ3v) is 15.6. The zero-order chi connectivity index (χ0) is 48.5. The number of carboxylic acid groups (broad SMARTS) is 2. The number of aliphatic hydroxyl groups is 3. The van der Waals surface area contributed by atoms with E-state index in [1.165, 1.54) is 26.7 Å². The Bertz CT molecular complexity index is 2560. The molecule has 0 amide bonds. The average Bonchev–Trinajstić information content (AvgIpc) is 3.97. The predicted molar refractivity (Wildman–Crippen MR) is 241 cm³/mol. The number of nitrogens with one attached hydrogen (secondary N) is 1. The Balaban J connectivity index is 0.000000547. The molecule has 18 nitrogen and oxygen atoms in total. The van der Waals surface area contributed by atoms with Crippen LogP contribution in [0.1, 0.15) is 68.8 Å². The number of carbonyl (C=O) groups excluding carboxylic acids is 3. The molecule has 6 N–H and O–H groups in total. The number of aromatic amines is 1. The van der Waals surface area contributed by atoms with Crippen molar-refractivity contribution in [2.75, 3.05) is 59.5 Å². The van der Waals surface area contributed by atoms with Gasteiger partial charge < -0.3 is 54.4 Å². The van der Waals surface area contributed by atoms with Gasteiger partial charge in [0, 0.05) is 90.9 Å². The molecule has 67 heavy (non-hydrogen) atoms. The minimum absolute atomic E-state index is 0.0284. The fourth-order valence-electron chi connectivity index (χ4n) is 13.1. The van der Waals surface area contributed by atoms with E-state index in [-0.39, 0.29) is 17.9 Å². The van der Waals surface area contributed by atoms with Crippen molar-refractivity contribution >= 4 is 46.4 Å². The number of aliphatic carboxylic acids is 2. The second-order valence-electron chi connectivity index (χ2n) is 18.7. The number of methoxy groups -OCH3 is 3. The SMILES string of the molecule is CCC1=CC2CN(C1)Cc1c([nH]c3ccccc13)C(C(=O)OC)(c1cc3c(cc1OC)N(C)C1C(O)(C(=O)OC)C(OC(C)=O)C4(CC)C=CCN5CCC31C54)C2.O=C(O)C(O)C(O)C(=O)O. The van der Waals surface area contributed by atoms with Crippen LogP contribution in [0.3, 0.4) is 0 Å². The van der Waals surface area contributed by atoms with Crippen molar-refractivity contribution in [2.45, 2.75) is 99.8 Å². The van der Waals surface area contributed by atoms with Crippen LogP contribution in [-0.4, -0.2) is 161 Å². The summed E-state index contributed by atoms with van der Waals surface area (Å²) in [5.74, 6) is -4.85. The Morgan fingerprint density at radius 2 is 1.61 bits per heavy atom. The summed E-state index contributed by atoms with van der Waals surface area (Å²) in [7, 11) is 6.22. The van der Waals surface area contributed by atoms with E-state index in [1.807, 2.05) is 37.1 Å². The molecule has 3 aromatic rings. The first kappa shape index (κ1) is 47.7. The van der Waals surface area contributed by atoms with Crippen molar-refractivity contribution in [3.63, 3.8) is 0 Å². The molecule has 2 bridgehead atoms. The number of anilines is 1. The summed E-state index contributed by atoms with van der Waals surface area (Å²) >= 11 is 0. The molecule has 1 saturated heterocycles. The second kappa shape index (κ2) is 17.4. The van der Waals surface area contributed by atoms with Gasteiger partial charge in [0.15, 0.2) is 18.3 Å². The molecule has 6 aliphatic rings. The van der Waals surface area contributed by atoms with Crippen LogP contribution >= 0.6 is 0 Å². The second-order valence-corrected chi connectivity index (χ2v) is 18.7. The van der Waals surface area contributed by atoms with Crippen molar-refractivity contribution < 1.29 is 68.5 Å². The highest BCUT2D eigenvalue weighted by molar-refractivity contribution is 5.95. The van der Waals surface area contributed by atoms with Gasteiger partial charge in [0.05, 0.1) is 27.4 Å². The van der Waals surface area contributed by atoms with Gasteiger partial charge in [-0.15, -0.1) is 0 Å². The monoisotopic (exact) mass is 928 g/mol. The number of ether oxygens (including phenoxy) is 4. The number of para-hydroxylation sites is 1. The number of rotatable bonds is 10. The van der Waals surface area contributed by atoms with Gasteiger partial charge in [-0.25, -0.2) is 14.4 Å². The molecule has 1 saturated carbocycles. The molecule has 1 aromatic heterocycles. The van der Waals surface area contributed by atoms with E-state index < -0.39 is 70.1 Å². The van der Waals surface area contributed by atoms with Crippen molar-refractivity contribution in [1.29, 1.82) is 0 Å². The number of carboxylic acids is 2. The Morgan fingerprint density at radius 1 is 0.925 bits per heavy atom. The lowest BCUT2D eigenvalue weighted by atomic mass is 9.47. The van der Waals surface area contributed by atoms with Crippen LogP contribution in [0.2, 0.25) is 0 Å². The number of hydrogen-bond donors (Lipinski definition) is 6. The fourth-order valence-corrected chi connectivity index (χ4v) is 13.1. The van der Waals surface area contributed by atoms with Gasteiger partial charge in [-0.2, -0.15) is 0 Å². The molecule has 18 heteroatoms. The van der Waals surface area contributed by atoms with Gasteiger partial charge in [-0.05, 0) is 61.4 Å². The molecular weight excluding hydrogens is 869 g/mol. The first-order valence-corrected chi connectivity index (χ1v) is 22.6. The topological polar surface area (TPSA) is 249 Å². The van der Waals surface area contributed by atoms with Crippen LogP contribution in [0, 0.1) is 11.3 Å². The summed E-state index contributed by atoms with van der Waals surface area (Å²) in [6.07, 6.45) is 3.14. The highest BCUT2D eigenvalue weighted by Crippen LogP contribution is 2.68. The minimum atomic E-state index is -2.27. The third-order valence-electron chi connectivity index (χ3n) is 15.6. The van der Waals surface area contributed by atoms with Gasteiger partial charge in [0.1, 0.15) is 11.2 Å². The summed E-state index contributed by atoms with van der Waals surface area (Å²) < 4.78 is 23.9. The molecule has 11 atom stereocenters. The first-order chi connectivity index (χ1) is 31.8. The number of hydrogen-bond acceptors (Lipinski definition) is 15. The van der Waals surface area contributed by atoms with Gasteiger partial charge in [-0.3, -0.25) is 19.4 Å². The molecule has 360 valence electrons. The third kappa shape index (κ3) is 6.88. The number of esters is 3. The standard InChI is InChI=1S/C45H54N4O8.C4H6O6/c1-8-27-19-28-22-44(40(51)55-6,36-30(25-48(23-27)24-28)29-13-10-11-14-33(29)46-36)32-20-31-34(21-35(32)54-5)47(4)38-43(31)16-18-49-17-12-15-42(9-2,37(43)49)39(57-26(3)50)45(38,53)41(52)56-7;5-1(3(7)8)2(6)4(9)10/h10-15,19-21,28,37-39,46,53H,8-9,16-18,22-25H2,1-7H3;1-2,5-6H,(H,7,8)(H,9,10). The number of nitrogens with zero attached hydrogens (tertiary/aromatic N) is 3. The van der Waals surface area contributed by atoms with Crippen LogP contribution in [0.4, 0.5) is 5.69 Å². The molecule has 11 unspecified atom stereocenters. The summed E-state index contributed by atoms with van der Waals surface area (Å²) in [5, 5.41) is 46.9. The average molecular weight is 929 g/mol. The number of aliphatic hydroxyl groups excluding tert-OH is 2. The highest BCUT2D eigenvalue weighted by atomic mass is 16.6. The van der Waals surface area contributed by atoms with E-state index in [4.69, 9.17) is 39.4 Å². The number of fused-ring (bicyclic) bond motifs is 6. The maximum absolute atomic E-state index is 15.2. The summed E-state index contributed by atoms with van der Waals surface area (Å²) in [5.41, 5.74) is 1.05. The fraction of sp³-hybridized carbons (Fsp3) is 0.531. The number of likely N-dealkylation sites (N-methyl/N-ethyl adjacent to an activating group) is 1. The van der Waals surface area contributed by atoms with Gasteiger partial charge in [-0.1, -0.05) is 55.8 Å². The van der Waals surface area contributed by atoms with Crippen molar-refractivity contribution in [3.05, 3.63) is 82.6 Å². The van der Waals surface area contributed by atoms with E-state index in [2.05, 4.69) is 58.1 Å². The number of benzene rings is 2. The van der Waals surface area contributed by atoms with Crippen molar-refractivity contribution in [2.24, 2.45) is 11.3 Å². The maximum Gasteiger partial charge on any atom is 0.344 e. The molecular formula is C49H60N4O14. The lowest BCUT2D eigenvalue weighted by Gasteiger charge is -2.63. The number of carbonyl (C=O) groups is 5. The number of aromatic nitrogens is 1. The van der Waals surface area contributed by atoms with E-state index in [0.29, 0.717) is 50.2 Å². The summed E-state index contributed by atoms with van der Waals surface area (Å²) in [6.45, 7) is 9.19. The van der Waals surface area contributed by atoms with Crippen LogP contribution < -0.4 is 9.64 Å². The van der Waals surface area contributed by atoms with Crippen LogP contribution in [0.25, 0.3) is 10.9 Å². The molecule has 0 radical (unpaired) electrons.